The minimum atomic E-state index is -0.669. The molecule has 1 N–H and O–H groups in total. The van der Waals surface area contributed by atoms with Crippen LogP contribution in [0.15, 0.2) is 91.3 Å². The quantitative estimate of drug-likeness (QED) is 0.386. The number of carbonyl (C=O) groups is 1. The Morgan fingerprint density at radius 1 is 0.969 bits per heavy atom. The van der Waals surface area contributed by atoms with Crippen LogP contribution in [0.3, 0.4) is 0 Å². The predicted octanol–water partition coefficient (Wildman–Crippen LogP) is 5.87. The monoisotopic (exact) mass is 421 g/mol. The fourth-order valence-electron chi connectivity index (χ4n) is 3.88. The topological polar surface area (TPSA) is 55.6 Å². The number of nitrogens with one attached hydrogen (secondary N) is 1. The Hall–Kier alpha value is -4.12. The van der Waals surface area contributed by atoms with Gasteiger partial charge in [-0.15, -0.1) is 0 Å². The molecule has 0 radical (unpaired) electrons. The Kier molecular flexibility index (Phi) is 5.07. The van der Waals surface area contributed by atoms with Gasteiger partial charge in [0.2, 0.25) is 0 Å². The second kappa shape index (κ2) is 8.19. The van der Waals surface area contributed by atoms with E-state index in [1.807, 2.05) is 103 Å². The molecule has 0 spiro atoms. The number of fused-ring (bicyclic) bond motifs is 2. The first-order valence-corrected chi connectivity index (χ1v) is 10.6. The van der Waals surface area contributed by atoms with Crippen LogP contribution in [0.25, 0.3) is 27.7 Å². The van der Waals surface area contributed by atoms with Gasteiger partial charge in [-0.2, -0.15) is 0 Å². The van der Waals surface area contributed by atoms with Crippen LogP contribution in [0, 0.1) is 6.92 Å². The molecule has 1 unspecified atom stereocenters. The molecular formula is C27H23N3O2. The molecule has 5 rings (SSSR count). The third-order valence-corrected chi connectivity index (χ3v) is 5.56. The van der Waals surface area contributed by atoms with Gasteiger partial charge in [0.15, 0.2) is 6.10 Å². The summed E-state index contributed by atoms with van der Waals surface area (Å²) in [6, 6.07) is 25.5. The Morgan fingerprint density at radius 3 is 2.62 bits per heavy atom. The maximum absolute atomic E-state index is 13.0. The average molecular weight is 422 g/mol. The first-order chi connectivity index (χ1) is 15.6. The number of hydrogen-bond donors (Lipinski definition) is 1. The smallest absolute Gasteiger partial charge is 0.265 e. The molecule has 0 bridgehead atoms. The molecule has 2 heterocycles. The number of imidazole rings is 1. The van der Waals surface area contributed by atoms with Crippen LogP contribution in [-0.2, 0) is 4.79 Å². The number of ether oxygens (including phenoxy) is 1. The molecule has 0 saturated heterocycles. The van der Waals surface area contributed by atoms with E-state index in [4.69, 9.17) is 9.72 Å². The number of pyridine rings is 1. The van der Waals surface area contributed by atoms with Gasteiger partial charge < -0.3 is 14.5 Å². The summed E-state index contributed by atoms with van der Waals surface area (Å²) in [6.07, 6.45) is 3.28. The van der Waals surface area contributed by atoms with Crippen molar-refractivity contribution in [1.82, 2.24) is 9.38 Å². The van der Waals surface area contributed by atoms with Crippen molar-refractivity contribution in [2.24, 2.45) is 0 Å². The number of aromatic nitrogens is 2. The normalized spacial score (nSPS) is 12.1. The Bertz CT molecular complexity index is 1430. The van der Waals surface area contributed by atoms with Gasteiger partial charge >= 0.3 is 0 Å². The van der Waals surface area contributed by atoms with Gasteiger partial charge in [-0.1, -0.05) is 60.7 Å². The lowest BCUT2D eigenvalue weighted by atomic mass is 10.1. The molecule has 0 aliphatic rings. The highest BCUT2D eigenvalue weighted by molar-refractivity contribution is 5.98. The van der Waals surface area contributed by atoms with Crippen molar-refractivity contribution in [1.29, 1.82) is 0 Å². The number of aryl methyl sites for hydroxylation is 1. The number of amides is 1. The van der Waals surface area contributed by atoms with Crippen molar-refractivity contribution >= 4 is 28.0 Å². The molecule has 158 valence electrons. The summed E-state index contributed by atoms with van der Waals surface area (Å²) in [5, 5.41) is 5.08. The number of rotatable bonds is 5. The molecule has 1 amide bonds. The van der Waals surface area contributed by atoms with Crippen LogP contribution in [0.2, 0.25) is 0 Å². The van der Waals surface area contributed by atoms with Gasteiger partial charge in [-0.05, 0) is 43.0 Å². The highest BCUT2D eigenvalue weighted by Crippen LogP contribution is 2.29. The molecule has 0 fully saturated rings. The molecule has 0 aliphatic carbocycles. The lowest BCUT2D eigenvalue weighted by molar-refractivity contribution is -0.122. The van der Waals surface area contributed by atoms with E-state index in [0.29, 0.717) is 11.4 Å². The fraction of sp³-hybridized carbons (Fsp3) is 0.111. The zero-order valence-electron chi connectivity index (χ0n) is 17.9. The molecule has 32 heavy (non-hydrogen) atoms. The zero-order valence-corrected chi connectivity index (χ0v) is 17.9. The fourth-order valence-corrected chi connectivity index (χ4v) is 3.88. The number of nitrogens with zero attached hydrogens (tertiary/aromatic N) is 2. The van der Waals surface area contributed by atoms with E-state index >= 15 is 0 Å². The highest BCUT2D eigenvalue weighted by atomic mass is 16.5. The molecule has 5 aromatic rings. The minimum Gasteiger partial charge on any atom is -0.480 e. The number of hydrogen-bond acceptors (Lipinski definition) is 3. The summed E-state index contributed by atoms with van der Waals surface area (Å²) < 4.78 is 8.03. The summed E-state index contributed by atoms with van der Waals surface area (Å²) in [7, 11) is 0. The van der Waals surface area contributed by atoms with Crippen LogP contribution in [0.5, 0.6) is 5.75 Å². The van der Waals surface area contributed by atoms with Crippen LogP contribution in [0.1, 0.15) is 12.5 Å². The number of carbonyl (C=O) groups excluding carboxylic acids is 1. The summed E-state index contributed by atoms with van der Waals surface area (Å²) in [6.45, 7) is 3.79. The van der Waals surface area contributed by atoms with Crippen molar-refractivity contribution in [3.8, 4) is 17.0 Å². The third kappa shape index (κ3) is 3.69. The lowest BCUT2D eigenvalue weighted by Gasteiger charge is -2.17. The van der Waals surface area contributed by atoms with E-state index in [-0.39, 0.29) is 5.91 Å². The van der Waals surface area contributed by atoms with Gasteiger partial charge in [0.05, 0.1) is 11.4 Å². The largest absolute Gasteiger partial charge is 0.480 e. The summed E-state index contributed by atoms with van der Waals surface area (Å²) in [4.78, 5) is 17.8. The van der Waals surface area contributed by atoms with Crippen LogP contribution >= 0.6 is 0 Å². The highest BCUT2D eigenvalue weighted by Gasteiger charge is 2.18. The SMILES string of the molecule is Cc1cccn2cc(-c3ccccc3NC(=O)C(C)Oc3cccc4ccccc34)nc12. The van der Waals surface area contributed by atoms with Crippen LogP contribution in [0.4, 0.5) is 5.69 Å². The van der Waals surface area contributed by atoms with Gasteiger partial charge in [0, 0.05) is 23.3 Å². The standard InChI is InChI=1S/C27H23N3O2/c1-18-9-8-16-30-17-24(28-26(18)30)22-13-5-6-14-23(22)29-27(31)19(2)32-25-15-7-11-20-10-3-4-12-21(20)25/h3-17,19H,1-2H3,(H,29,31). The van der Waals surface area contributed by atoms with Crippen molar-refractivity contribution in [3.63, 3.8) is 0 Å². The lowest BCUT2D eigenvalue weighted by Crippen LogP contribution is -2.30. The van der Waals surface area contributed by atoms with E-state index < -0.39 is 6.10 Å². The molecule has 0 saturated carbocycles. The maximum Gasteiger partial charge on any atom is 0.265 e. The van der Waals surface area contributed by atoms with E-state index in [9.17, 15) is 4.79 Å². The van der Waals surface area contributed by atoms with Gasteiger partial charge in [-0.25, -0.2) is 4.98 Å². The van der Waals surface area contributed by atoms with Crippen LogP contribution < -0.4 is 10.1 Å². The van der Waals surface area contributed by atoms with Crippen molar-refractivity contribution in [2.75, 3.05) is 5.32 Å². The number of para-hydroxylation sites is 1. The van der Waals surface area contributed by atoms with E-state index in [2.05, 4.69) is 5.32 Å². The number of anilines is 1. The molecule has 1 atom stereocenters. The third-order valence-electron chi connectivity index (χ3n) is 5.56. The second-order valence-corrected chi connectivity index (χ2v) is 7.82. The molecule has 0 aliphatic heterocycles. The van der Waals surface area contributed by atoms with Crippen LogP contribution in [-0.4, -0.2) is 21.4 Å². The summed E-state index contributed by atoms with van der Waals surface area (Å²) in [5.41, 5.74) is 4.36. The van der Waals surface area contributed by atoms with Crippen molar-refractivity contribution in [2.45, 2.75) is 20.0 Å². The predicted molar refractivity (Wildman–Crippen MR) is 128 cm³/mol. The Morgan fingerprint density at radius 2 is 1.75 bits per heavy atom. The average Bonchev–Trinajstić information content (AvgIpc) is 3.25. The maximum atomic E-state index is 13.0. The van der Waals surface area contributed by atoms with E-state index in [1.54, 1.807) is 6.92 Å². The molecule has 2 aromatic heterocycles. The van der Waals surface area contributed by atoms with E-state index in [0.717, 1.165) is 33.2 Å². The molecule has 3 aromatic carbocycles. The van der Waals surface area contributed by atoms with Gasteiger partial charge in [-0.3, -0.25) is 4.79 Å². The molecular weight excluding hydrogens is 398 g/mol. The first-order valence-electron chi connectivity index (χ1n) is 10.6. The van der Waals surface area contributed by atoms with Crippen molar-refractivity contribution < 1.29 is 9.53 Å². The Labute approximate surface area is 186 Å². The number of benzene rings is 3. The van der Waals surface area contributed by atoms with E-state index in [1.165, 1.54) is 0 Å². The molecule has 5 nitrogen and oxygen atoms in total. The minimum absolute atomic E-state index is 0.217. The zero-order chi connectivity index (χ0) is 22.1. The second-order valence-electron chi connectivity index (χ2n) is 7.82. The Balaban J connectivity index is 1.40. The van der Waals surface area contributed by atoms with Gasteiger partial charge in [0.1, 0.15) is 11.4 Å². The van der Waals surface area contributed by atoms with Crippen molar-refractivity contribution in [3.05, 3.63) is 96.8 Å². The summed E-state index contributed by atoms with van der Waals surface area (Å²) >= 11 is 0. The first kappa shape index (κ1) is 19.8. The molecule has 5 heteroatoms. The van der Waals surface area contributed by atoms with Gasteiger partial charge in [0.25, 0.3) is 5.91 Å². The summed E-state index contributed by atoms with van der Waals surface area (Å²) in [5.74, 6) is 0.472.